The molecule has 0 saturated heterocycles. The molecule has 29 heavy (non-hydrogen) atoms. The van der Waals surface area contributed by atoms with Crippen LogP contribution in [0.1, 0.15) is 53.7 Å². The predicted octanol–water partition coefficient (Wildman–Crippen LogP) is 5.27. The van der Waals surface area contributed by atoms with Crippen molar-refractivity contribution in [1.29, 1.82) is 0 Å². The third-order valence-electron chi connectivity index (χ3n) is 5.73. The van der Waals surface area contributed by atoms with Crippen LogP contribution in [0.15, 0.2) is 47.6 Å². The van der Waals surface area contributed by atoms with Gasteiger partial charge in [0.2, 0.25) is 0 Å². The van der Waals surface area contributed by atoms with Crippen LogP contribution >= 0.6 is 11.8 Å². The van der Waals surface area contributed by atoms with Gasteiger partial charge >= 0.3 is 0 Å². The lowest BCUT2D eigenvalue weighted by molar-refractivity contribution is 0.0993. The maximum absolute atomic E-state index is 14.3. The summed E-state index contributed by atoms with van der Waals surface area (Å²) in [4.78, 5) is 13.0. The fourth-order valence-electron chi connectivity index (χ4n) is 4.02. The van der Waals surface area contributed by atoms with Crippen LogP contribution in [0.2, 0.25) is 0 Å². The highest BCUT2D eigenvalue weighted by Gasteiger charge is 2.32. The van der Waals surface area contributed by atoms with Crippen LogP contribution in [-0.2, 0) is 12.8 Å². The van der Waals surface area contributed by atoms with Gasteiger partial charge in [0.05, 0.1) is 10.8 Å². The number of rotatable bonds is 6. The molecule has 1 atom stereocenters. The molecule has 148 valence electrons. The van der Waals surface area contributed by atoms with Crippen molar-refractivity contribution < 1.29 is 9.18 Å². The van der Waals surface area contributed by atoms with E-state index in [-0.39, 0.29) is 22.9 Å². The summed E-state index contributed by atoms with van der Waals surface area (Å²) >= 11 is 1.41. The smallest absolute Gasteiger partial charge is 0.192 e. The van der Waals surface area contributed by atoms with Gasteiger partial charge in [-0.1, -0.05) is 36.0 Å². The molecule has 1 saturated carbocycles. The van der Waals surface area contributed by atoms with Gasteiger partial charge in [-0.15, -0.1) is 10.2 Å². The number of aryl methyl sites for hydroxylation is 2. The van der Waals surface area contributed by atoms with Crippen LogP contribution in [0.3, 0.4) is 0 Å². The van der Waals surface area contributed by atoms with Crippen LogP contribution < -0.4 is 0 Å². The first kappa shape index (κ1) is 18.6. The zero-order valence-electron chi connectivity index (χ0n) is 16.3. The summed E-state index contributed by atoms with van der Waals surface area (Å²) < 4.78 is 16.3. The summed E-state index contributed by atoms with van der Waals surface area (Å²) in [5, 5.41) is 9.01. The van der Waals surface area contributed by atoms with Crippen molar-refractivity contribution in [2.75, 3.05) is 0 Å². The van der Waals surface area contributed by atoms with Crippen molar-refractivity contribution in [1.82, 2.24) is 14.8 Å². The Labute approximate surface area is 173 Å². The van der Waals surface area contributed by atoms with E-state index in [2.05, 4.69) is 22.3 Å². The SMILES string of the molecule is CC(Sc1nnc(-c2ccccc2F)n1C1CC1)C(=O)c1ccc2c(c1)CCC2. The molecule has 2 aromatic carbocycles. The fraction of sp³-hybridized carbons (Fsp3) is 0.348. The molecule has 1 heterocycles. The van der Waals surface area contributed by atoms with Crippen molar-refractivity contribution in [3.8, 4) is 11.4 Å². The van der Waals surface area contributed by atoms with Crippen LogP contribution in [0.25, 0.3) is 11.4 Å². The fourth-order valence-corrected chi connectivity index (χ4v) is 5.01. The molecular formula is C23H22FN3OS. The number of aromatic nitrogens is 3. The molecule has 1 unspecified atom stereocenters. The minimum atomic E-state index is -0.305. The number of Topliss-reactive ketones (excluding diaryl/α,β-unsaturated/α-hetero) is 1. The minimum Gasteiger partial charge on any atom is -0.299 e. The lowest BCUT2D eigenvalue weighted by Gasteiger charge is -2.13. The molecule has 6 heteroatoms. The Morgan fingerprint density at radius 3 is 2.72 bits per heavy atom. The Kier molecular flexibility index (Phi) is 4.74. The summed E-state index contributed by atoms with van der Waals surface area (Å²) in [6.07, 6.45) is 5.39. The van der Waals surface area contributed by atoms with Gasteiger partial charge < -0.3 is 0 Å². The quantitative estimate of drug-likeness (QED) is 0.412. The lowest BCUT2D eigenvalue weighted by Crippen LogP contribution is -2.15. The van der Waals surface area contributed by atoms with Gasteiger partial charge in [-0.25, -0.2) is 4.39 Å². The Balaban J connectivity index is 1.42. The van der Waals surface area contributed by atoms with Crippen LogP contribution in [0.4, 0.5) is 4.39 Å². The van der Waals surface area contributed by atoms with Crippen molar-refractivity contribution in [2.45, 2.75) is 55.5 Å². The van der Waals surface area contributed by atoms with E-state index in [4.69, 9.17) is 0 Å². The van der Waals surface area contributed by atoms with E-state index < -0.39 is 0 Å². The Hall–Kier alpha value is -2.47. The number of carbonyl (C=O) groups excluding carboxylic acids is 1. The number of nitrogens with zero attached hydrogens (tertiary/aromatic N) is 3. The maximum atomic E-state index is 14.3. The van der Waals surface area contributed by atoms with E-state index >= 15 is 0 Å². The van der Waals surface area contributed by atoms with Gasteiger partial charge in [-0.05, 0) is 68.4 Å². The third-order valence-corrected chi connectivity index (χ3v) is 6.78. The number of thioether (sulfide) groups is 1. The van der Waals surface area contributed by atoms with Crippen molar-refractivity contribution >= 4 is 17.5 Å². The molecule has 2 aliphatic rings. The number of hydrogen-bond donors (Lipinski definition) is 0. The summed E-state index contributed by atoms with van der Waals surface area (Å²) in [6.45, 7) is 1.91. The third kappa shape index (κ3) is 3.50. The standard InChI is InChI=1S/C23H22FN3OS/c1-14(21(28)17-10-9-15-5-4-6-16(15)13-17)29-23-26-25-22(27(23)18-11-12-18)19-7-2-3-8-20(19)24/h2-3,7-10,13-14,18H,4-6,11-12H2,1H3. The molecule has 4 nitrogen and oxygen atoms in total. The Bertz CT molecular complexity index is 1090. The number of fused-ring (bicyclic) bond motifs is 1. The van der Waals surface area contributed by atoms with Gasteiger partial charge in [-0.2, -0.15) is 0 Å². The number of ketones is 1. The minimum absolute atomic E-state index is 0.0995. The van der Waals surface area contributed by atoms with Gasteiger partial charge in [0, 0.05) is 11.6 Å². The topological polar surface area (TPSA) is 47.8 Å². The monoisotopic (exact) mass is 407 g/mol. The highest BCUT2D eigenvalue weighted by molar-refractivity contribution is 8.00. The van der Waals surface area contributed by atoms with Crippen molar-refractivity contribution in [2.24, 2.45) is 0 Å². The Morgan fingerprint density at radius 1 is 1.14 bits per heavy atom. The number of hydrogen-bond acceptors (Lipinski definition) is 4. The summed E-state index contributed by atoms with van der Waals surface area (Å²) in [6, 6.07) is 13.0. The average molecular weight is 408 g/mol. The molecule has 0 aliphatic heterocycles. The molecule has 2 aliphatic carbocycles. The van der Waals surface area contributed by atoms with Crippen LogP contribution in [0.5, 0.6) is 0 Å². The molecule has 0 bridgehead atoms. The molecule has 0 radical (unpaired) electrons. The van der Waals surface area contributed by atoms with Crippen LogP contribution in [-0.4, -0.2) is 25.8 Å². The average Bonchev–Trinajstić information content (AvgIpc) is 3.31. The van der Waals surface area contributed by atoms with Gasteiger partial charge in [0.25, 0.3) is 0 Å². The molecule has 5 rings (SSSR count). The van der Waals surface area contributed by atoms with Crippen molar-refractivity contribution in [3.05, 3.63) is 65.0 Å². The molecule has 0 spiro atoms. The van der Waals surface area contributed by atoms with Gasteiger partial charge in [0.1, 0.15) is 5.82 Å². The molecular weight excluding hydrogens is 385 g/mol. The predicted molar refractivity (Wildman–Crippen MR) is 112 cm³/mol. The summed E-state index contributed by atoms with van der Waals surface area (Å²) in [5.74, 6) is 0.341. The number of benzene rings is 2. The second-order valence-corrected chi connectivity index (χ2v) is 9.16. The van der Waals surface area contributed by atoms with Crippen LogP contribution in [0, 0.1) is 5.82 Å². The second kappa shape index (κ2) is 7.41. The van der Waals surface area contributed by atoms with Gasteiger partial charge in [0.15, 0.2) is 16.8 Å². The van der Waals surface area contributed by atoms with E-state index in [1.54, 1.807) is 18.2 Å². The van der Waals surface area contributed by atoms with E-state index in [1.165, 1.54) is 35.4 Å². The van der Waals surface area contributed by atoms with E-state index in [0.29, 0.717) is 16.5 Å². The maximum Gasteiger partial charge on any atom is 0.192 e. The molecule has 0 N–H and O–H groups in total. The Morgan fingerprint density at radius 2 is 1.93 bits per heavy atom. The molecule has 1 aromatic heterocycles. The first-order valence-corrected chi connectivity index (χ1v) is 11.0. The summed E-state index contributed by atoms with van der Waals surface area (Å²) in [7, 11) is 0. The van der Waals surface area contributed by atoms with E-state index in [0.717, 1.165) is 31.2 Å². The second-order valence-electron chi connectivity index (χ2n) is 7.85. The number of carbonyl (C=O) groups is 1. The zero-order chi connectivity index (χ0) is 20.0. The largest absolute Gasteiger partial charge is 0.299 e. The van der Waals surface area contributed by atoms with Crippen molar-refractivity contribution in [3.63, 3.8) is 0 Å². The normalized spacial score (nSPS) is 16.6. The molecule has 0 amide bonds. The summed E-state index contributed by atoms with van der Waals surface area (Å²) in [5.41, 5.74) is 3.88. The highest BCUT2D eigenvalue weighted by Crippen LogP contribution is 2.42. The van der Waals surface area contributed by atoms with Gasteiger partial charge in [-0.3, -0.25) is 9.36 Å². The highest BCUT2D eigenvalue weighted by atomic mass is 32.2. The van der Waals surface area contributed by atoms with E-state index in [1.807, 2.05) is 17.6 Å². The first-order valence-electron chi connectivity index (χ1n) is 10.1. The van der Waals surface area contributed by atoms with E-state index in [9.17, 15) is 9.18 Å². The number of halogens is 1. The molecule has 1 fully saturated rings. The first-order chi connectivity index (χ1) is 14.1. The molecule has 3 aromatic rings. The zero-order valence-corrected chi connectivity index (χ0v) is 17.1. The lowest BCUT2D eigenvalue weighted by atomic mass is 10.0.